The van der Waals surface area contributed by atoms with Crippen LogP contribution in [-0.4, -0.2) is 35.0 Å². The Morgan fingerprint density at radius 1 is 1.14 bits per heavy atom. The number of carbonyl (C=O) groups excluding carboxylic acids is 1. The molecule has 0 spiro atoms. The smallest absolute Gasteiger partial charge is 0.225 e. The molecular formula is C24H28N4O. The predicted octanol–water partition coefficient (Wildman–Crippen LogP) is 3.98. The summed E-state index contributed by atoms with van der Waals surface area (Å²) in [6.07, 6.45) is 5.67. The molecule has 5 heteroatoms. The highest BCUT2D eigenvalue weighted by molar-refractivity contribution is 5.80. The maximum Gasteiger partial charge on any atom is 0.225 e. The van der Waals surface area contributed by atoms with Crippen molar-refractivity contribution in [2.75, 3.05) is 18.0 Å². The number of aryl methyl sites for hydroxylation is 1. The molecule has 29 heavy (non-hydrogen) atoms. The van der Waals surface area contributed by atoms with Crippen molar-refractivity contribution in [1.29, 1.82) is 0 Å². The number of rotatable bonds is 6. The van der Waals surface area contributed by atoms with Gasteiger partial charge >= 0.3 is 0 Å². The number of benzene rings is 2. The van der Waals surface area contributed by atoms with E-state index in [4.69, 9.17) is 4.98 Å². The Morgan fingerprint density at radius 3 is 2.72 bits per heavy atom. The maximum absolute atomic E-state index is 12.8. The van der Waals surface area contributed by atoms with Crippen molar-refractivity contribution in [2.45, 2.75) is 38.6 Å². The second-order valence-corrected chi connectivity index (χ2v) is 7.94. The van der Waals surface area contributed by atoms with Crippen LogP contribution in [0.2, 0.25) is 0 Å². The highest BCUT2D eigenvalue weighted by Crippen LogP contribution is 2.23. The lowest BCUT2D eigenvalue weighted by atomic mass is 9.96. The molecule has 1 aliphatic rings. The summed E-state index contributed by atoms with van der Waals surface area (Å²) in [5, 5.41) is 3.22. The Hall–Kier alpha value is -2.95. The van der Waals surface area contributed by atoms with Gasteiger partial charge in [-0.1, -0.05) is 42.5 Å². The number of carbonyl (C=O) groups is 1. The average Bonchev–Trinajstić information content (AvgIpc) is 2.78. The number of amides is 1. The van der Waals surface area contributed by atoms with Crippen molar-refractivity contribution in [3.8, 4) is 0 Å². The number of fused-ring (bicyclic) bond motifs is 1. The first-order valence-corrected chi connectivity index (χ1v) is 10.5. The predicted molar refractivity (Wildman–Crippen MR) is 117 cm³/mol. The van der Waals surface area contributed by atoms with Crippen molar-refractivity contribution in [3.63, 3.8) is 0 Å². The van der Waals surface area contributed by atoms with E-state index in [1.165, 1.54) is 5.56 Å². The molecule has 4 rings (SSSR count). The summed E-state index contributed by atoms with van der Waals surface area (Å²) in [4.78, 5) is 24.3. The van der Waals surface area contributed by atoms with E-state index in [1.807, 2.05) is 36.5 Å². The molecule has 0 radical (unpaired) electrons. The second kappa shape index (κ2) is 9.03. The van der Waals surface area contributed by atoms with Crippen molar-refractivity contribution < 1.29 is 4.79 Å². The van der Waals surface area contributed by atoms with Crippen LogP contribution in [-0.2, 0) is 11.2 Å². The van der Waals surface area contributed by atoms with Crippen LogP contribution < -0.4 is 10.2 Å². The number of aromatic nitrogens is 2. The van der Waals surface area contributed by atoms with Gasteiger partial charge in [0.25, 0.3) is 0 Å². The molecule has 2 aromatic carbocycles. The fourth-order valence-corrected chi connectivity index (χ4v) is 3.96. The minimum absolute atomic E-state index is 0.00352. The standard InChI is InChI=1S/C24H28N4O/c1-18(13-14-19-8-3-2-4-9-19)26-24(29)20-10-7-15-28(17-20)23-16-25-21-11-5-6-12-22(21)27-23/h2-6,8-9,11-12,16,18,20H,7,10,13-15,17H2,1H3,(H,26,29)/t18-,20+/m0/s1. The maximum atomic E-state index is 12.8. The normalized spacial score (nSPS) is 17.8. The van der Waals surface area contributed by atoms with Crippen molar-refractivity contribution in [3.05, 3.63) is 66.4 Å². The summed E-state index contributed by atoms with van der Waals surface area (Å²) in [6.45, 7) is 3.71. The van der Waals surface area contributed by atoms with E-state index >= 15 is 0 Å². The van der Waals surface area contributed by atoms with Crippen LogP contribution in [0.15, 0.2) is 60.8 Å². The first kappa shape index (κ1) is 19.4. The number of nitrogens with one attached hydrogen (secondary N) is 1. The fourth-order valence-electron chi connectivity index (χ4n) is 3.96. The van der Waals surface area contributed by atoms with Crippen LogP contribution in [0.1, 0.15) is 31.7 Å². The topological polar surface area (TPSA) is 58.1 Å². The lowest BCUT2D eigenvalue weighted by Crippen LogP contribution is -2.45. The molecule has 1 aliphatic heterocycles. The molecule has 1 saturated heterocycles. The van der Waals surface area contributed by atoms with Crippen LogP contribution in [0.25, 0.3) is 11.0 Å². The third kappa shape index (κ3) is 4.91. The highest BCUT2D eigenvalue weighted by atomic mass is 16.2. The summed E-state index contributed by atoms with van der Waals surface area (Å²) < 4.78 is 0. The summed E-state index contributed by atoms with van der Waals surface area (Å²) in [5.74, 6) is 1.01. The zero-order chi connectivity index (χ0) is 20.1. The summed E-state index contributed by atoms with van der Waals surface area (Å²) in [7, 11) is 0. The molecule has 0 aliphatic carbocycles. The summed E-state index contributed by atoms with van der Waals surface area (Å²) >= 11 is 0. The van der Waals surface area contributed by atoms with Crippen molar-refractivity contribution in [1.82, 2.24) is 15.3 Å². The molecule has 1 fully saturated rings. The zero-order valence-electron chi connectivity index (χ0n) is 16.9. The molecule has 2 heterocycles. The molecule has 150 valence electrons. The molecule has 0 unspecified atom stereocenters. The molecule has 1 N–H and O–H groups in total. The number of piperidine rings is 1. The first-order chi connectivity index (χ1) is 14.2. The molecule has 0 bridgehead atoms. The van der Waals surface area contributed by atoms with Crippen LogP contribution >= 0.6 is 0 Å². The van der Waals surface area contributed by atoms with Gasteiger partial charge in [0, 0.05) is 19.1 Å². The molecule has 0 saturated carbocycles. The van der Waals surface area contributed by atoms with Gasteiger partial charge in [-0.05, 0) is 50.3 Å². The first-order valence-electron chi connectivity index (χ1n) is 10.5. The van der Waals surface area contributed by atoms with Gasteiger partial charge in [-0.25, -0.2) is 4.98 Å². The molecule has 5 nitrogen and oxygen atoms in total. The Balaban J connectivity index is 1.34. The van der Waals surface area contributed by atoms with E-state index in [9.17, 15) is 4.79 Å². The fraction of sp³-hybridized carbons (Fsp3) is 0.375. The van der Waals surface area contributed by atoms with E-state index in [2.05, 4.69) is 46.4 Å². The van der Waals surface area contributed by atoms with Crippen LogP contribution in [0.4, 0.5) is 5.82 Å². The number of hydrogen-bond acceptors (Lipinski definition) is 4. The van der Waals surface area contributed by atoms with E-state index in [1.54, 1.807) is 0 Å². The van der Waals surface area contributed by atoms with E-state index in [-0.39, 0.29) is 17.9 Å². The van der Waals surface area contributed by atoms with Gasteiger partial charge in [-0.3, -0.25) is 9.78 Å². The Kier molecular flexibility index (Phi) is 6.03. The number of anilines is 1. The third-order valence-electron chi connectivity index (χ3n) is 5.65. The van der Waals surface area contributed by atoms with Crippen LogP contribution in [0.3, 0.4) is 0 Å². The second-order valence-electron chi connectivity index (χ2n) is 7.94. The monoisotopic (exact) mass is 388 g/mol. The minimum atomic E-state index is -0.00352. The molecule has 3 aromatic rings. The van der Waals surface area contributed by atoms with Gasteiger partial charge in [0.1, 0.15) is 5.82 Å². The minimum Gasteiger partial charge on any atom is -0.355 e. The number of nitrogens with zero attached hydrogens (tertiary/aromatic N) is 3. The Bertz CT molecular complexity index is 959. The van der Waals surface area contributed by atoms with E-state index in [0.29, 0.717) is 6.54 Å². The number of para-hydroxylation sites is 2. The van der Waals surface area contributed by atoms with Gasteiger partial charge in [0.2, 0.25) is 5.91 Å². The van der Waals surface area contributed by atoms with Crippen LogP contribution in [0, 0.1) is 5.92 Å². The quantitative estimate of drug-likeness (QED) is 0.694. The summed E-state index contributed by atoms with van der Waals surface area (Å²) in [5.41, 5.74) is 3.10. The third-order valence-corrected chi connectivity index (χ3v) is 5.65. The highest BCUT2D eigenvalue weighted by Gasteiger charge is 2.27. The molecule has 1 aromatic heterocycles. The van der Waals surface area contributed by atoms with E-state index in [0.717, 1.165) is 49.1 Å². The zero-order valence-corrected chi connectivity index (χ0v) is 16.9. The number of hydrogen-bond donors (Lipinski definition) is 1. The Morgan fingerprint density at radius 2 is 1.90 bits per heavy atom. The lowest BCUT2D eigenvalue weighted by Gasteiger charge is -2.33. The SMILES string of the molecule is C[C@@H](CCc1ccccc1)NC(=O)[C@@H]1CCCN(c2cnc3ccccc3n2)C1. The van der Waals surface area contributed by atoms with Crippen molar-refractivity contribution in [2.24, 2.45) is 5.92 Å². The average molecular weight is 389 g/mol. The van der Waals surface area contributed by atoms with Gasteiger partial charge in [-0.15, -0.1) is 0 Å². The van der Waals surface area contributed by atoms with Gasteiger partial charge in [-0.2, -0.15) is 0 Å². The molecule has 1 amide bonds. The van der Waals surface area contributed by atoms with Crippen LogP contribution in [0.5, 0.6) is 0 Å². The van der Waals surface area contributed by atoms with E-state index < -0.39 is 0 Å². The van der Waals surface area contributed by atoms with Crippen molar-refractivity contribution >= 4 is 22.8 Å². The molecule has 2 atom stereocenters. The lowest BCUT2D eigenvalue weighted by molar-refractivity contribution is -0.125. The summed E-state index contributed by atoms with van der Waals surface area (Å²) in [6, 6.07) is 18.5. The van der Waals surface area contributed by atoms with Gasteiger partial charge in [0.05, 0.1) is 23.1 Å². The largest absolute Gasteiger partial charge is 0.355 e. The molecular weight excluding hydrogens is 360 g/mol. The Labute approximate surface area is 172 Å². The van der Waals surface area contributed by atoms with Gasteiger partial charge < -0.3 is 10.2 Å². The van der Waals surface area contributed by atoms with Gasteiger partial charge in [0.15, 0.2) is 0 Å².